The van der Waals surface area contributed by atoms with Crippen molar-refractivity contribution in [1.82, 2.24) is 0 Å². The normalized spacial score (nSPS) is 20.4. The highest BCUT2D eigenvalue weighted by Gasteiger charge is 2.47. The summed E-state index contributed by atoms with van der Waals surface area (Å²) in [4.78, 5) is 4.83. The molecule has 2 aliphatic carbocycles. The van der Waals surface area contributed by atoms with Crippen molar-refractivity contribution in [3.63, 3.8) is 0 Å². The van der Waals surface area contributed by atoms with Gasteiger partial charge < -0.3 is 9.80 Å². The summed E-state index contributed by atoms with van der Waals surface area (Å²) in [6, 6.07) is 32.3. The summed E-state index contributed by atoms with van der Waals surface area (Å²) in [6.07, 6.45) is 4.50. The molecule has 0 amide bonds. The smallest absolute Gasteiger partial charge is 0.252 e. The zero-order chi connectivity index (χ0) is 44.2. The maximum atomic E-state index is 8.99. The van der Waals surface area contributed by atoms with E-state index in [0.717, 1.165) is 54.1 Å². The fourth-order valence-electron chi connectivity index (χ4n) is 10.9. The molecule has 58 heavy (non-hydrogen) atoms. The monoisotopic (exact) mass is 770 g/mol. The topological polar surface area (TPSA) is 6.48 Å². The quantitative estimate of drug-likeness (QED) is 0.162. The molecule has 0 unspecified atom stereocenters. The number of benzene rings is 5. The van der Waals surface area contributed by atoms with Crippen LogP contribution in [0.2, 0.25) is 0 Å². The molecule has 2 heterocycles. The minimum Gasteiger partial charge on any atom is -0.311 e. The highest BCUT2D eigenvalue weighted by atomic mass is 15.2. The molecule has 0 fully saturated rings. The van der Waals surface area contributed by atoms with Crippen LogP contribution >= 0.6 is 0 Å². The highest BCUT2D eigenvalue weighted by Crippen LogP contribution is 2.52. The Kier molecular flexibility index (Phi) is 7.63. The van der Waals surface area contributed by atoms with Gasteiger partial charge in [0.25, 0.3) is 6.71 Å². The second kappa shape index (κ2) is 12.4. The lowest BCUT2D eigenvalue weighted by Crippen LogP contribution is -2.62. The molecule has 5 aromatic carbocycles. The van der Waals surface area contributed by atoms with E-state index in [1.807, 2.05) is 12.1 Å². The first-order valence-electron chi connectivity index (χ1n) is 23.5. The van der Waals surface area contributed by atoms with Gasteiger partial charge in [0.1, 0.15) is 0 Å². The third-order valence-corrected chi connectivity index (χ3v) is 15.0. The van der Waals surface area contributed by atoms with Gasteiger partial charge in [-0.3, -0.25) is 0 Å². The number of hydrogen-bond acceptors (Lipinski definition) is 2. The van der Waals surface area contributed by atoms with E-state index in [9.17, 15) is 0 Å². The van der Waals surface area contributed by atoms with Crippen LogP contribution in [0.25, 0.3) is 0 Å². The van der Waals surface area contributed by atoms with Crippen molar-refractivity contribution in [3.8, 4) is 0 Å². The van der Waals surface area contributed by atoms with Crippen LogP contribution in [0.15, 0.2) is 84.9 Å². The molecule has 0 saturated carbocycles. The zero-order valence-electron chi connectivity index (χ0n) is 40.9. The molecule has 3 heteroatoms. The summed E-state index contributed by atoms with van der Waals surface area (Å²) in [5.74, 6) is 0. The Labute approximate surface area is 355 Å². The van der Waals surface area contributed by atoms with E-state index in [1.54, 1.807) is 0 Å². The van der Waals surface area contributed by atoms with Crippen LogP contribution in [-0.4, -0.2) is 6.71 Å². The summed E-state index contributed by atoms with van der Waals surface area (Å²) in [6.45, 7) is 30.5. The predicted molar refractivity (Wildman–Crippen MR) is 253 cm³/mol. The standard InChI is InChI=1S/C55H67BN2/c1-34-28-47-49-48(29-34)58(38-21-22-39-40(31-38)53(10,11)25-24-52(39,8)9)46-33-42-41(54(12,13)26-27-55(42,14)15)32-44(46)56(49)43-30-36(51(5,6)7)18-23-45(43)57(47)37-19-16-35(17-20-37)50(2,3)4/h16-23,28-33H,24-27H2,1-15H3/i1D3. The van der Waals surface area contributed by atoms with Crippen molar-refractivity contribution >= 4 is 57.2 Å². The molecule has 0 N–H and O–H groups in total. The van der Waals surface area contributed by atoms with Gasteiger partial charge in [-0.15, -0.1) is 0 Å². The predicted octanol–water partition coefficient (Wildman–Crippen LogP) is 13.4. The number of rotatable bonds is 2. The van der Waals surface area contributed by atoms with Crippen LogP contribution in [0.3, 0.4) is 0 Å². The van der Waals surface area contributed by atoms with Crippen molar-refractivity contribution in [3.05, 3.63) is 124 Å². The van der Waals surface area contributed by atoms with Gasteiger partial charge in [-0.25, -0.2) is 0 Å². The van der Waals surface area contributed by atoms with E-state index in [4.69, 9.17) is 4.11 Å². The maximum Gasteiger partial charge on any atom is 0.252 e. The molecular formula is C55H67BN2. The summed E-state index contributed by atoms with van der Waals surface area (Å²) in [5.41, 5.74) is 18.6. The van der Waals surface area contributed by atoms with Gasteiger partial charge in [-0.2, -0.15) is 0 Å². The van der Waals surface area contributed by atoms with E-state index in [2.05, 4.69) is 180 Å². The Balaban J connectivity index is 1.43. The molecule has 0 spiro atoms. The summed E-state index contributed by atoms with van der Waals surface area (Å²) in [5, 5.41) is 0. The van der Waals surface area contributed by atoms with E-state index in [0.29, 0.717) is 5.56 Å². The van der Waals surface area contributed by atoms with Crippen molar-refractivity contribution in [2.24, 2.45) is 0 Å². The minimum atomic E-state index is -2.32. The molecule has 0 bridgehead atoms. The van der Waals surface area contributed by atoms with Crippen molar-refractivity contribution in [1.29, 1.82) is 0 Å². The molecule has 2 nitrogen and oxygen atoms in total. The average molecular weight is 770 g/mol. The Morgan fingerprint density at radius 2 is 0.931 bits per heavy atom. The Morgan fingerprint density at radius 3 is 1.48 bits per heavy atom. The molecule has 0 saturated heterocycles. The lowest BCUT2D eigenvalue weighted by molar-refractivity contribution is 0.332. The molecule has 0 aromatic heterocycles. The number of anilines is 6. The van der Waals surface area contributed by atoms with Crippen LogP contribution in [-0.2, 0) is 32.5 Å². The van der Waals surface area contributed by atoms with E-state index < -0.39 is 6.85 Å². The number of aryl methyl sites for hydroxylation is 1. The van der Waals surface area contributed by atoms with Crippen LogP contribution < -0.4 is 26.2 Å². The van der Waals surface area contributed by atoms with Crippen LogP contribution in [0.4, 0.5) is 34.1 Å². The van der Waals surface area contributed by atoms with Crippen LogP contribution in [0, 0.1) is 6.85 Å². The van der Waals surface area contributed by atoms with Crippen molar-refractivity contribution in [2.75, 3.05) is 9.80 Å². The Morgan fingerprint density at radius 1 is 0.466 bits per heavy atom. The van der Waals surface area contributed by atoms with Gasteiger partial charge in [0.05, 0.1) is 0 Å². The Hall–Kier alpha value is -4.24. The van der Waals surface area contributed by atoms with Crippen molar-refractivity contribution < 1.29 is 4.11 Å². The molecule has 300 valence electrons. The first-order chi connectivity index (χ1) is 28.1. The number of nitrogens with zero attached hydrogens (tertiary/aromatic N) is 2. The third kappa shape index (κ3) is 5.95. The average Bonchev–Trinajstić information content (AvgIpc) is 3.16. The number of fused-ring (bicyclic) bond motifs is 6. The number of hydrogen-bond donors (Lipinski definition) is 0. The van der Waals surface area contributed by atoms with Crippen molar-refractivity contribution in [2.45, 2.75) is 162 Å². The van der Waals surface area contributed by atoms with Crippen LogP contribution in [0.5, 0.6) is 0 Å². The summed E-state index contributed by atoms with van der Waals surface area (Å²) < 4.78 is 27.0. The summed E-state index contributed by atoms with van der Waals surface area (Å²) >= 11 is 0. The fraction of sp³-hybridized carbons (Fsp3) is 0.455. The molecule has 0 atom stereocenters. The first kappa shape index (κ1) is 35.7. The van der Waals surface area contributed by atoms with Gasteiger partial charge >= 0.3 is 0 Å². The van der Waals surface area contributed by atoms with E-state index in [-0.39, 0.29) is 39.2 Å². The van der Waals surface area contributed by atoms with Gasteiger partial charge in [-0.1, -0.05) is 133 Å². The second-order valence-corrected chi connectivity index (χ2v) is 23.1. The van der Waals surface area contributed by atoms with Gasteiger partial charge in [0.2, 0.25) is 0 Å². The van der Waals surface area contributed by atoms with Gasteiger partial charge in [0.15, 0.2) is 0 Å². The zero-order valence-corrected chi connectivity index (χ0v) is 37.9. The highest BCUT2D eigenvalue weighted by molar-refractivity contribution is 7.00. The molecule has 4 aliphatic rings. The molecule has 5 aromatic rings. The molecule has 9 rings (SSSR count). The largest absolute Gasteiger partial charge is 0.311 e. The molecular weight excluding hydrogens is 699 g/mol. The van der Waals surface area contributed by atoms with Gasteiger partial charge in [-0.05, 0) is 169 Å². The molecule has 2 aliphatic heterocycles. The van der Waals surface area contributed by atoms with Gasteiger partial charge in [0, 0.05) is 38.2 Å². The third-order valence-electron chi connectivity index (χ3n) is 15.0. The SMILES string of the molecule is [2H]C([2H])([2H])c1cc2c3c(c1)N(c1ccc4c(c1)C(C)(C)CCC4(C)C)c1cc4c(cc1B3c1cc(C(C)(C)C)ccc1N2c1ccc(C(C)(C)C)cc1)C(C)(C)CCC4(C)C. The minimum absolute atomic E-state index is 0.00214. The van der Waals surface area contributed by atoms with E-state index >= 15 is 0 Å². The lowest BCUT2D eigenvalue weighted by Gasteiger charge is -2.48. The lowest BCUT2D eigenvalue weighted by atomic mass is 9.33. The van der Waals surface area contributed by atoms with Crippen LogP contribution in [0.1, 0.15) is 166 Å². The van der Waals surface area contributed by atoms with E-state index in [1.165, 1.54) is 55.5 Å². The molecule has 0 radical (unpaired) electrons. The maximum absolute atomic E-state index is 8.99. The fourth-order valence-corrected chi connectivity index (χ4v) is 10.9. The Bertz CT molecular complexity index is 2610. The second-order valence-electron chi connectivity index (χ2n) is 23.1. The first-order valence-corrected chi connectivity index (χ1v) is 22.0. The summed E-state index contributed by atoms with van der Waals surface area (Å²) in [7, 11) is 0.